The van der Waals surface area contributed by atoms with E-state index in [0.29, 0.717) is 17.9 Å². The van der Waals surface area contributed by atoms with E-state index < -0.39 is 0 Å². The zero-order valence-corrected chi connectivity index (χ0v) is 17.0. The molecule has 1 aromatic heterocycles. The maximum atomic E-state index is 12.4. The third kappa shape index (κ3) is 4.77. The Hall–Kier alpha value is -2.60. The molecule has 0 saturated carbocycles. The second-order valence-corrected chi connectivity index (χ2v) is 7.08. The molecule has 1 amide bonds. The van der Waals surface area contributed by atoms with Crippen LogP contribution in [0.2, 0.25) is 0 Å². The second-order valence-electron chi connectivity index (χ2n) is 6.23. The maximum absolute atomic E-state index is 12.4. The molecule has 0 bridgehead atoms. The van der Waals surface area contributed by atoms with Crippen LogP contribution < -0.4 is 10.1 Å². The van der Waals surface area contributed by atoms with Crippen molar-refractivity contribution in [2.45, 2.75) is 19.8 Å². The van der Waals surface area contributed by atoms with E-state index in [1.54, 1.807) is 13.2 Å². The van der Waals surface area contributed by atoms with Crippen LogP contribution >= 0.6 is 15.9 Å². The van der Waals surface area contributed by atoms with Crippen LogP contribution in [-0.4, -0.2) is 29.3 Å². The van der Waals surface area contributed by atoms with E-state index >= 15 is 0 Å². The number of rotatable bonds is 7. The number of amides is 1. The van der Waals surface area contributed by atoms with Crippen molar-refractivity contribution in [1.82, 2.24) is 15.1 Å². The molecular formula is C21H22BrN3O2. The van der Waals surface area contributed by atoms with Gasteiger partial charge in [0, 0.05) is 17.2 Å². The van der Waals surface area contributed by atoms with Crippen LogP contribution in [0.25, 0.3) is 5.69 Å². The van der Waals surface area contributed by atoms with Crippen molar-refractivity contribution in [3.63, 3.8) is 0 Å². The van der Waals surface area contributed by atoms with Crippen molar-refractivity contribution in [1.29, 1.82) is 0 Å². The fraction of sp³-hybridized carbons (Fsp3) is 0.238. The first-order valence-electron chi connectivity index (χ1n) is 8.81. The first-order valence-corrected chi connectivity index (χ1v) is 9.60. The molecule has 0 fully saturated rings. The van der Waals surface area contributed by atoms with Crippen LogP contribution in [0.3, 0.4) is 0 Å². The maximum Gasteiger partial charge on any atom is 0.252 e. The van der Waals surface area contributed by atoms with E-state index in [4.69, 9.17) is 4.74 Å². The lowest BCUT2D eigenvalue weighted by atomic mass is 10.1. The summed E-state index contributed by atoms with van der Waals surface area (Å²) in [4.78, 5) is 12.4. The van der Waals surface area contributed by atoms with Crippen molar-refractivity contribution in [2.75, 3.05) is 13.7 Å². The minimum Gasteiger partial charge on any atom is -0.497 e. The molecule has 1 N–H and O–H groups in total. The van der Waals surface area contributed by atoms with Gasteiger partial charge < -0.3 is 10.1 Å². The number of para-hydroxylation sites is 1. The number of hydrogen-bond donors (Lipinski definition) is 1. The quantitative estimate of drug-likeness (QED) is 0.571. The number of halogens is 1. The van der Waals surface area contributed by atoms with Gasteiger partial charge in [0.05, 0.1) is 24.1 Å². The van der Waals surface area contributed by atoms with Gasteiger partial charge >= 0.3 is 0 Å². The second kappa shape index (κ2) is 8.86. The predicted octanol–water partition coefficient (Wildman–Crippen LogP) is 4.31. The molecule has 3 aromatic rings. The number of hydrogen-bond acceptors (Lipinski definition) is 3. The van der Waals surface area contributed by atoms with Gasteiger partial charge in [-0.1, -0.05) is 18.2 Å². The molecule has 6 heteroatoms. The van der Waals surface area contributed by atoms with Crippen LogP contribution in [0.1, 0.15) is 28.0 Å². The predicted molar refractivity (Wildman–Crippen MR) is 110 cm³/mol. The molecule has 0 spiro atoms. The highest BCUT2D eigenvalue weighted by Crippen LogP contribution is 2.22. The highest BCUT2D eigenvalue weighted by molar-refractivity contribution is 9.10. The number of ether oxygens (including phenoxy) is 1. The zero-order chi connectivity index (χ0) is 19.2. The summed E-state index contributed by atoms with van der Waals surface area (Å²) < 4.78 is 7.84. The van der Waals surface area contributed by atoms with E-state index in [1.807, 2.05) is 54.1 Å². The van der Waals surface area contributed by atoms with Crippen molar-refractivity contribution >= 4 is 21.8 Å². The summed E-state index contributed by atoms with van der Waals surface area (Å²) in [5.74, 6) is 0.546. The van der Waals surface area contributed by atoms with E-state index in [0.717, 1.165) is 28.7 Å². The summed E-state index contributed by atoms with van der Waals surface area (Å²) >= 11 is 3.41. The molecule has 0 aliphatic rings. The van der Waals surface area contributed by atoms with E-state index in [9.17, 15) is 4.79 Å². The van der Waals surface area contributed by atoms with Gasteiger partial charge in [0.25, 0.3) is 5.91 Å². The standard InChI is InChI=1S/C21H22BrN3O2/c1-15-16(14-25(24-15)17-8-4-3-5-9-17)7-6-12-23-21(26)19-13-18(27-2)10-11-20(19)22/h3-5,8-11,13-14H,6-7,12H2,1-2H3,(H,23,26). The average Bonchev–Trinajstić information content (AvgIpc) is 3.07. The highest BCUT2D eigenvalue weighted by Gasteiger charge is 2.11. The molecule has 1 heterocycles. The fourth-order valence-electron chi connectivity index (χ4n) is 2.84. The number of methoxy groups -OCH3 is 1. The molecule has 0 aliphatic carbocycles. The number of carbonyl (C=O) groups is 1. The first kappa shape index (κ1) is 19.2. The fourth-order valence-corrected chi connectivity index (χ4v) is 3.26. The number of carbonyl (C=O) groups excluding carboxylic acids is 1. The van der Waals surface area contributed by atoms with Crippen molar-refractivity contribution < 1.29 is 9.53 Å². The smallest absolute Gasteiger partial charge is 0.252 e. The molecule has 2 aromatic carbocycles. The van der Waals surface area contributed by atoms with Gasteiger partial charge in [0.15, 0.2) is 0 Å². The van der Waals surface area contributed by atoms with Crippen molar-refractivity contribution in [2.24, 2.45) is 0 Å². The lowest BCUT2D eigenvalue weighted by molar-refractivity contribution is 0.0952. The lowest BCUT2D eigenvalue weighted by Crippen LogP contribution is -2.25. The van der Waals surface area contributed by atoms with Crippen molar-refractivity contribution in [3.8, 4) is 11.4 Å². The van der Waals surface area contributed by atoms with Crippen LogP contribution in [-0.2, 0) is 6.42 Å². The Labute approximate surface area is 167 Å². The monoisotopic (exact) mass is 427 g/mol. The van der Waals surface area contributed by atoms with Crippen LogP contribution in [0, 0.1) is 6.92 Å². The molecular weight excluding hydrogens is 406 g/mol. The summed E-state index contributed by atoms with van der Waals surface area (Å²) in [6.07, 6.45) is 3.76. The topological polar surface area (TPSA) is 56.1 Å². The van der Waals surface area contributed by atoms with E-state index in [1.165, 1.54) is 5.56 Å². The number of benzene rings is 2. The van der Waals surface area contributed by atoms with Crippen LogP contribution in [0.15, 0.2) is 59.2 Å². The Kier molecular flexibility index (Phi) is 6.29. The van der Waals surface area contributed by atoms with Gasteiger partial charge in [-0.15, -0.1) is 0 Å². The van der Waals surface area contributed by atoms with Gasteiger partial charge in [-0.05, 0) is 71.6 Å². The Morgan fingerprint density at radius 2 is 2.00 bits per heavy atom. The third-order valence-corrected chi connectivity index (χ3v) is 5.04. The number of aryl methyl sites for hydroxylation is 2. The van der Waals surface area contributed by atoms with Crippen LogP contribution in [0.4, 0.5) is 0 Å². The largest absolute Gasteiger partial charge is 0.497 e. The minimum atomic E-state index is -0.113. The summed E-state index contributed by atoms with van der Waals surface area (Å²) in [6, 6.07) is 15.4. The van der Waals surface area contributed by atoms with E-state index in [2.05, 4.69) is 32.5 Å². The molecule has 0 unspecified atom stereocenters. The first-order chi connectivity index (χ1) is 13.1. The zero-order valence-electron chi connectivity index (χ0n) is 15.4. The third-order valence-electron chi connectivity index (χ3n) is 4.35. The number of nitrogens with one attached hydrogen (secondary N) is 1. The summed E-state index contributed by atoms with van der Waals surface area (Å²) in [5.41, 5.74) is 3.82. The summed E-state index contributed by atoms with van der Waals surface area (Å²) in [7, 11) is 1.59. The Balaban J connectivity index is 1.55. The normalized spacial score (nSPS) is 10.6. The molecule has 3 rings (SSSR count). The Morgan fingerprint density at radius 1 is 1.22 bits per heavy atom. The summed E-state index contributed by atoms with van der Waals surface area (Å²) in [5, 5.41) is 7.55. The van der Waals surface area contributed by atoms with Gasteiger partial charge in [-0.25, -0.2) is 4.68 Å². The molecule has 0 atom stereocenters. The molecule has 140 valence electrons. The van der Waals surface area contributed by atoms with Gasteiger partial charge in [-0.2, -0.15) is 5.10 Å². The van der Waals surface area contributed by atoms with Gasteiger partial charge in [0.1, 0.15) is 5.75 Å². The summed E-state index contributed by atoms with van der Waals surface area (Å²) in [6.45, 7) is 2.61. The molecule has 0 aliphatic heterocycles. The van der Waals surface area contributed by atoms with Crippen LogP contribution in [0.5, 0.6) is 5.75 Å². The minimum absolute atomic E-state index is 0.113. The molecule has 0 radical (unpaired) electrons. The lowest BCUT2D eigenvalue weighted by Gasteiger charge is -2.08. The Bertz CT molecular complexity index is 922. The number of nitrogens with zero attached hydrogens (tertiary/aromatic N) is 2. The average molecular weight is 428 g/mol. The SMILES string of the molecule is COc1ccc(Br)c(C(=O)NCCCc2cn(-c3ccccc3)nc2C)c1. The molecule has 5 nitrogen and oxygen atoms in total. The highest BCUT2D eigenvalue weighted by atomic mass is 79.9. The molecule has 0 saturated heterocycles. The van der Waals surface area contributed by atoms with Gasteiger partial charge in [0.2, 0.25) is 0 Å². The number of aromatic nitrogens is 2. The molecule has 27 heavy (non-hydrogen) atoms. The van der Waals surface area contributed by atoms with E-state index in [-0.39, 0.29) is 5.91 Å². The Morgan fingerprint density at radius 3 is 2.74 bits per heavy atom. The van der Waals surface area contributed by atoms with Gasteiger partial charge in [-0.3, -0.25) is 4.79 Å². The van der Waals surface area contributed by atoms with Crippen molar-refractivity contribution in [3.05, 3.63) is 76.0 Å².